The first kappa shape index (κ1) is 18.6. The van der Waals surface area contributed by atoms with Crippen LogP contribution in [0.3, 0.4) is 0 Å². The van der Waals surface area contributed by atoms with E-state index in [1.807, 2.05) is 6.07 Å². The first-order valence-electron chi connectivity index (χ1n) is 11.5. The van der Waals surface area contributed by atoms with Crippen LogP contribution in [0, 0.1) is 23.7 Å². The summed E-state index contributed by atoms with van der Waals surface area (Å²) in [5.74, 6) is 4.24. The largest absolute Gasteiger partial charge is 0.355 e. The highest BCUT2D eigenvalue weighted by Gasteiger charge is 2.50. The number of rotatable bonds is 6. The van der Waals surface area contributed by atoms with Crippen molar-refractivity contribution >= 4 is 5.91 Å². The molecule has 1 aliphatic heterocycles. The SMILES string of the molecule is O=C(CN1CCN(C2C3CC4CC(C3)CC2C4)CC1)NCCc1ccccc1. The molecule has 152 valence electrons. The number of hydrogen-bond acceptors (Lipinski definition) is 3. The van der Waals surface area contributed by atoms with Crippen LogP contribution < -0.4 is 5.32 Å². The van der Waals surface area contributed by atoms with Crippen molar-refractivity contribution in [2.24, 2.45) is 23.7 Å². The van der Waals surface area contributed by atoms with Crippen LogP contribution in [-0.2, 0) is 11.2 Å². The summed E-state index contributed by atoms with van der Waals surface area (Å²) in [5.41, 5.74) is 1.28. The van der Waals surface area contributed by atoms with E-state index in [-0.39, 0.29) is 5.91 Å². The van der Waals surface area contributed by atoms with Crippen molar-refractivity contribution in [3.05, 3.63) is 35.9 Å². The zero-order valence-corrected chi connectivity index (χ0v) is 17.1. The molecule has 1 N–H and O–H groups in total. The maximum Gasteiger partial charge on any atom is 0.234 e. The number of nitrogens with zero attached hydrogens (tertiary/aromatic N) is 2. The van der Waals surface area contributed by atoms with E-state index < -0.39 is 0 Å². The maximum atomic E-state index is 12.3. The smallest absolute Gasteiger partial charge is 0.234 e. The lowest BCUT2D eigenvalue weighted by Crippen LogP contribution is -2.60. The third-order valence-corrected chi connectivity index (χ3v) is 7.95. The molecule has 1 aromatic rings. The summed E-state index contributed by atoms with van der Waals surface area (Å²) in [6.07, 6.45) is 8.45. The predicted molar refractivity (Wildman–Crippen MR) is 112 cm³/mol. The summed E-state index contributed by atoms with van der Waals surface area (Å²) in [6.45, 7) is 5.71. The van der Waals surface area contributed by atoms with Gasteiger partial charge in [-0.2, -0.15) is 0 Å². The van der Waals surface area contributed by atoms with Gasteiger partial charge in [0.05, 0.1) is 6.54 Å². The molecule has 5 fully saturated rings. The molecule has 4 nitrogen and oxygen atoms in total. The van der Waals surface area contributed by atoms with E-state index in [2.05, 4.69) is 39.4 Å². The van der Waals surface area contributed by atoms with Gasteiger partial charge in [-0.1, -0.05) is 30.3 Å². The minimum Gasteiger partial charge on any atom is -0.355 e. The molecule has 1 saturated heterocycles. The van der Waals surface area contributed by atoms with Gasteiger partial charge in [0.25, 0.3) is 0 Å². The van der Waals surface area contributed by atoms with Crippen LogP contribution in [0.5, 0.6) is 0 Å². The van der Waals surface area contributed by atoms with Gasteiger partial charge in [0, 0.05) is 38.8 Å². The Morgan fingerprint density at radius 1 is 0.893 bits per heavy atom. The van der Waals surface area contributed by atoms with E-state index in [1.54, 1.807) is 0 Å². The molecular formula is C24H35N3O. The van der Waals surface area contributed by atoms with Crippen LogP contribution in [0.4, 0.5) is 0 Å². The van der Waals surface area contributed by atoms with Crippen molar-refractivity contribution in [3.63, 3.8) is 0 Å². The molecule has 0 radical (unpaired) electrons. The standard InChI is InChI=1S/C24H35N3O/c28-23(25-7-6-18-4-2-1-3-5-18)17-26-8-10-27(11-9-26)24-21-13-19-12-20(15-21)16-22(24)14-19/h1-5,19-22,24H,6-17H2,(H,25,28). The minimum atomic E-state index is 0.180. The number of benzene rings is 1. The first-order valence-corrected chi connectivity index (χ1v) is 11.5. The molecular weight excluding hydrogens is 346 g/mol. The lowest BCUT2D eigenvalue weighted by Gasteiger charge is -2.58. The van der Waals surface area contributed by atoms with E-state index >= 15 is 0 Å². The van der Waals surface area contributed by atoms with Crippen molar-refractivity contribution in [3.8, 4) is 0 Å². The van der Waals surface area contributed by atoms with E-state index in [4.69, 9.17) is 0 Å². The molecule has 0 unspecified atom stereocenters. The predicted octanol–water partition coefficient (Wildman–Crippen LogP) is 2.79. The van der Waals surface area contributed by atoms with Crippen LogP contribution in [0.15, 0.2) is 30.3 Å². The Morgan fingerprint density at radius 2 is 1.54 bits per heavy atom. The fraction of sp³-hybridized carbons (Fsp3) is 0.708. The lowest BCUT2D eigenvalue weighted by atomic mass is 9.54. The van der Waals surface area contributed by atoms with Crippen molar-refractivity contribution in [2.45, 2.75) is 44.6 Å². The molecule has 0 atom stereocenters. The highest BCUT2D eigenvalue weighted by atomic mass is 16.2. The highest BCUT2D eigenvalue weighted by molar-refractivity contribution is 5.78. The molecule has 1 amide bonds. The van der Waals surface area contributed by atoms with E-state index in [9.17, 15) is 4.79 Å². The Hall–Kier alpha value is -1.39. The fourth-order valence-corrected chi connectivity index (χ4v) is 6.96. The van der Waals surface area contributed by atoms with Crippen molar-refractivity contribution in [1.82, 2.24) is 15.1 Å². The Labute approximate surface area is 169 Å². The summed E-state index contributed by atoms with van der Waals surface area (Å²) in [6, 6.07) is 11.2. The van der Waals surface area contributed by atoms with Gasteiger partial charge in [-0.05, 0) is 67.8 Å². The van der Waals surface area contributed by atoms with E-state index in [1.165, 1.54) is 37.7 Å². The zero-order chi connectivity index (χ0) is 18.9. The second kappa shape index (κ2) is 8.16. The summed E-state index contributed by atoms with van der Waals surface area (Å²) in [7, 11) is 0. The number of carbonyl (C=O) groups is 1. The summed E-state index contributed by atoms with van der Waals surface area (Å²) >= 11 is 0. The second-order valence-electron chi connectivity index (χ2n) is 9.82. The molecule has 4 heteroatoms. The fourth-order valence-electron chi connectivity index (χ4n) is 6.96. The molecule has 4 aliphatic carbocycles. The van der Waals surface area contributed by atoms with Crippen LogP contribution in [0.2, 0.25) is 0 Å². The van der Waals surface area contributed by atoms with Gasteiger partial charge >= 0.3 is 0 Å². The Kier molecular flexibility index (Phi) is 5.43. The minimum absolute atomic E-state index is 0.180. The van der Waals surface area contributed by atoms with Crippen molar-refractivity contribution < 1.29 is 4.79 Å². The summed E-state index contributed by atoms with van der Waals surface area (Å²) in [4.78, 5) is 17.5. The molecule has 1 aromatic carbocycles. The van der Waals surface area contributed by atoms with Crippen LogP contribution in [0.1, 0.15) is 37.7 Å². The van der Waals surface area contributed by atoms with Gasteiger partial charge in [-0.3, -0.25) is 14.6 Å². The molecule has 5 aliphatic rings. The number of amides is 1. The molecule has 0 spiro atoms. The maximum absolute atomic E-state index is 12.3. The van der Waals surface area contributed by atoms with Crippen LogP contribution in [-0.4, -0.2) is 61.0 Å². The zero-order valence-electron chi connectivity index (χ0n) is 17.1. The number of hydrogen-bond donors (Lipinski definition) is 1. The quantitative estimate of drug-likeness (QED) is 0.823. The topological polar surface area (TPSA) is 35.6 Å². The Bertz CT molecular complexity index is 640. The molecule has 1 heterocycles. The summed E-state index contributed by atoms with van der Waals surface area (Å²) < 4.78 is 0. The monoisotopic (exact) mass is 381 g/mol. The van der Waals surface area contributed by atoms with Gasteiger partial charge in [-0.15, -0.1) is 0 Å². The van der Waals surface area contributed by atoms with Gasteiger partial charge in [0.15, 0.2) is 0 Å². The number of piperazine rings is 1. The Morgan fingerprint density at radius 3 is 2.18 bits per heavy atom. The second-order valence-corrected chi connectivity index (χ2v) is 9.82. The molecule has 28 heavy (non-hydrogen) atoms. The first-order chi connectivity index (χ1) is 13.7. The third kappa shape index (κ3) is 3.99. The van der Waals surface area contributed by atoms with Gasteiger partial charge in [0.1, 0.15) is 0 Å². The highest BCUT2D eigenvalue weighted by Crippen LogP contribution is 2.55. The molecule has 0 aromatic heterocycles. The lowest BCUT2D eigenvalue weighted by molar-refractivity contribution is -0.123. The van der Waals surface area contributed by atoms with Crippen molar-refractivity contribution in [1.29, 1.82) is 0 Å². The van der Waals surface area contributed by atoms with Gasteiger partial charge in [-0.25, -0.2) is 0 Å². The number of nitrogens with one attached hydrogen (secondary N) is 1. The van der Waals surface area contributed by atoms with Crippen LogP contribution >= 0.6 is 0 Å². The van der Waals surface area contributed by atoms with Crippen LogP contribution in [0.25, 0.3) is 0 Å². The summed E-state index contributed by atoms with van der Waals surface area (Å²) in [5, 5.41) is 3.10. The van der Waals surface area contributed by atoms with Gasteiger partial charge < -0.3 is 5.32 Å². The number of carbonyl (C=O) groups excluding carboxylic acids is 1. The average Bonchev–Trinajstić information content (AvgIpc) is 2.69. The van der Waals surface area contributed by atoms with E-state index in [0.29, 0.717) is 6.54 Å². The Balaban J connectivity index is 1.05. The third-order valence-electron chi connectivity index (χ3n) is 7.95. The average molecular weight is 382 g/mol. The molecule has 6 rings (SSSR count). The normalized spacial score (nSPS) is 35.2. The van der Waals surface area contributed by atoms with Crippen molar-refractivity contribution in [2.75, 3.05) is 39.3 Å². The molecule has 4 saturated carbocycles. The van der Waals surface area contributed by atoms with E-state index in [0.717, 1.165) is 68.9 Å². The molecule has 4 bridgehead atoms. The van der Waals surface area contributed by atoms with Gasteiger partial charge in [0.2, 0.25) is 5.91 Å².